The van der Waals surface area contributed by atoms with Crippen molar-refractivity contribution in [1.82, 2.24) is 14.9 Å². The van der Waals surface area contributed by atoms with Gasteiger partial charge in [-0.2, -0.15) is 10.2 Å². The fourth-order valence-electron chi connectivity index (χ4n) is 5.04. The quantitative estimate of drug-likeness (QED) is 0.0423. The lowest BCUT2D eigenvalue weighted by atomic mass is 10.1. The van der Waals surface area contributed by atoms with E-state index >= 15 is 0 Å². The number of nitrogens with one attached hydrogen (secondary N) is 6. The van der Waals surface area contributed by atoms with Crippen LogP contribution in [0.5, 0.6) is 0 Å². The predicted molar refractivity (Wildman–Crippen MR) is 192 cm³/mol. The molecule has 0 bridgehead atoms. The summed E-state index contributed by atoms with van der Waals surface area (Å²) in [5, 5.41) is 20.6. The Morgan fingerprint density at radius 3 is 2.06 bits per heavy atom. The summed E-state index contributed by atoms with van der Waals surface area (Å²) in [6, 6.07) is 15.7. The molecule has 254 valence electrons. The van der Waals surface area contributed by atoms with Crippen molar-refractivity contribution in [2.24, 2.45) is 10.2 Å². The van der Waals surface area contributed by atoms with Gasteiger partial charge in [-0.25, -0.2) is 4.79 Å². The molecule has 48 heavy (non-hydrogen) atoms. The van der Waals surface area contributed by atoms with Crippen LogP contribution in [-0.4, -0.2) is 71.2 Å². The van der Waals surface area contributed by atoms with E-state index in [1.54, 1.807) is 42.5 Å². The Hall–Kier alpha value is -5.30. The Balaban J connectivity index is 1.39. The summed E-state index contributed by atoms with van der Waals surface area (Å²) >= 11 is 0. The van der Waals surface area contributed by atoms with Crippen molar-refractivity contribution in [1.29, 1.82) is 0 Å². The first-order valence-corrected chi connectivity index (χ1v) is 16.4. The average molecular weight is 656 g/mol. The molecule has 4 rings (SSSR count). The van der Waals surface area contributed by atoms with Gasteiger partial charge in [-0.15, -0.1) is 0 Å². The number of ketones is 1. The molecule has 13 heteroatoms. The number of benzene rings is 3. The Labute approximate surface area is 280 Å². The molecule has 2 amide bonds. The maximum absolute atomic E-state index is 13.2. The zero-order valence-corrected chi connectivity index (χ0v) is 28.0. The van der Waals surface area contributed by atoms with Crippen molar-refractivity contribution in [3.8, 4) is 0 Å². The fraction of sp³-hybridized carbons (Fsp3) is 0.371. The number of carbonyl (C=O) groups is 3. The van der Waals surface area contributed by atoms with Crippen LogP contribution in [0.15, 0.2) is 75.7 Å². The second-order valence-electron chi connectivity index (χ2n) is 11.4. The number of rotatable bonds is 18. The van der Waals surface area contributed by atoms with E-state index in [4.69, 9.17) is 0 Å². The minimum atomic E-state index is -1.38. The van der Waals surface area contributed by atoms with Crippen LogP contribution in [-0.2, 0) is 9.59 Å². The lowest BCUT2D eigenvalue weighted by Gasteiger charge is -2.18. The molecule has 1 heterocycles. The Morgan fingerprint density at radius 2 is 1.42 bits per heavy atom. The highest BCUT2D eigenvalue weighted by molar-refractivity contribution is 6.10. The number of amides is 2. The van der Waals surface area contributed by atoms with Crippen LogP contribution in [0, 0.1) is 0 Å². The van der Waals surface area contributed by atoms with Crippen molar-refractivity contribution in [3.63, 3.8) is 0 Å². The van der Waals surface area contributed by atoms with Gasteiger partial charge >= 0.3 is 5.69 Å². The Kier molecular flexibility index (Phi) is 13.0. The van der Waals surface area contributed by atoms with Crippen LogP contribution in [0.1, 0.15) is 57.3 Å². The highest BCUT2D eigenvalue weighted by Gasteiger charge is 2.23. The van der Waals surface area contributed by atoms with E-state index in [1.165, 1.54) is 6.92 Å². The summed E-state index contributed by atoms with van der Waals surface area (Å²) in [6.07, 6.45) is 3.12. The van der Waals surface area contributed by atoms with Gasteiger partial charge in [0, 0.05) is 41.4 Å². The minimum Gasteiger partial charge on any atom is -0.385 e. The molecule has 0 fully saturated rings. The number of Topliss-reactive ketones (excluding diaryl/α,β-unsaturated/α-hetero) is 1. The zero-order chi connectivity index (χ0) is 34.5. The first-order valence-electron chi connectivity index (χ1n) is 16.4. The molecule has 0 saturated carbocycles. The zero-order valence-electron chi connectivity index (χ0n) is 28.0. The lowest BCUT2D eigenvalue weighted by Crippen LogP contribution is -2.31. The largest absolute Gasteiger partial charge is 0.385 e. The molecule has 0 saturated heterocycles. The molecule has 0 aliphatic rings. The van der Waals surface area contributed by atoms with Crippen molar-refractivity contribution >= 4 is 57.1 Å². The number of H-pyrrole nitrogens is 2. The fourth-order valence-corrected chi connectivity index (χ4v) is 5.04. The van der Waals surface area contributed by atoms with Crippen LogP contribution in [0.3, 0.4) is 0 Å². The van der Waals surface area contributed by atoms with Crippen molar-refractivity contribution < 1.29 is 14.4 Å². The van der Waals surface area contributed by atoms with Crippen LogP contribution >= 0.6 is 0 Å². The summed E-state index contributed by atoms with van der Waals surface area (Å²) in [4.78, 5) is 57.4. The first-order chi connectivity index (χ1) is 23.2. The SMILES string of the molecule is CCCCNc1cc(NCCCN(CC)CC)cc(NC(=O)c2ccc(N=NC(C(C)=O)C(=O)Nc3ccc4[nH]c(=O)[nH]c4c3)cc2)c1. The highest BCUT2D eigenvalue weighted by atomic mass is 16.2. The number of nitrogens with zero attached hydrogens (tertiary/aromatic N) is 3. The number of unbranched alkanes of at least 4 members (excludes halogenated alkanes) is 1. The standard InChI is InChI=1S/C35H45N9O4/c1-5-8-16-36-27-19-28(37-17-9-18-44(6-2)7-3)21-29(20-27)39-33(46)24-10-12-25(13-11-24)42-43-32(23(4)45)34(47)38-26-14-15-30-31(22-26)41-35(48)40-30/h10-15,19-22,32,36-37H,5-9,16-18H2,1-4H3,(H,38,47)(H,39,46)(H2,40,41,48). The second-order valence-corrected chi connectivity index (χ2v) is 11.4. The van der Waals surface area contributed by atoms with Gasteiger partial charge in [-0.1, -0.05) is 27.2 Å². The molecule has 1 aromatic heterocycles. The van der Waals surface area contributed by atoms with Gasteiger partial charge in [0.15, 0.2) is 5.78 Å². The molecule has 0 spiro atoms. The summed E-state index contributed by atoms with van der Waals surface area (Å²) in [6.45, 7) is 12.5. The van der Waals surface area contributed by atoms with Gasteiger partial charge in [0.05, 0.1) is 16.7 Å². The number of carbonyl (C=O) groups excluding carboxylic acids is 3. The second kappa shape index (κ2) is 17.6. The first kappa shape index (κ1) is 35.6. The molecule has 6 N–H and O–H groups in total. The maximum Gasteiger partial charge on any atom is 0.323 e. The Bertz CT molecular complexity index is 1770. The molecule has 13 nitrogen and oxygen atoms in total. The molecule has 0 aliphatic carbocycles. The number of fused-ring (bicyclic) bond motifs is 1. The van der Waals surface area contributed by atoms with Crippen LogP contribution < -0.4 is 27.0 Å². The van der Waals surface area contributed by atoms with Crippen LogP contribution in [0.4, 0.5) is 28.4 Å². The third-order valence-electron chi connectivity index (χ3n) is 7.76. The smallest absolute Gasteiger partial charge is 0.323 e. The summed E-state index contributed by atoms with van der Waals surface area (Å²) in [5.41, 5.74) is 4.41. The summed E-state index contributed by atoms with van der Waals surface area (Å²) < 4.78 is 0. The number of hydrogen-bond acceptors (Lipinski definition) is 9. The van der Waals surface area contributed by atoms with Crippen molar-refractivity contribution in [2.45, 2.75) is 53.0 Å². The number of imidazole rings is 1. The van der Waals surface area contributed by atoms with Gasteiger partial charge in [0.25, 0.3) is 11.8 Å². The van der Waals surface area contributed by atoms with Gasteiger partial charge in [-0.3, -0.25) is 14.4 Å². The monoisotopic (exact) mass is 655 g/mol. The van der Waals surface area contributed by atoms with Crippen LogP contribution in [0.2, 0.25) is 0 Å². The van der Waals surface area contributed by atoms with E-state index in [0.29, 0.717) is 33.7 Å². The molecule has 0 aliphatic heterocycles. The molecular formula is C35H45N9O4. The molecular weight excluding hydrogens is 610 g/mol. The average Bonchev–Trinajstić information content (AvgIpc) is 3.44. The number of anilines is 4. The van der Waals surface area contributed by atoms with E-state index in [9.17, 15) is 19.2 Å². The maximum atomic E-state index is 13.2. The third kappa shape index (κ3) is 10.4. The highest BCUT2D eigenvalue weighted by Crippen LogP contribution is 2.24. The molecule has 1 unspecified atom stereocenters. The van der Waals surface area contributed by atoms with Crippen LogP contribution in [0.25, 0.3) is 11.0 Å². The van der Waals surface area contributed by atoms with Crippen molar-refractivity contribution in [3.05, 3.63) is 76.7 Å². The molecule has 3 aromatic carbocycles. The molecule has 0 radical (unpaired) electrons. The summed E-state index contributed by atoms with van der Waals surface area (Å²) in [7, 11) is 0. The third-order valence-corrected chi connectivity index (χ3v) is 7.76. The van der Waals surface area contributed by atoms with E-state index in [1.807, 2.05) is 12.1 Å². The van der Waals surface area contributed by atoms with Gasteiger partial charge in [-0.05, 0) is 100 Å². The summed E-state index contributed by atoms with van der Waals surface area (Å²) in [5.74, 6) is -1.45. The van der Waals surface area contributed by atoms with E-state index in [2.05, 4.69) is 73.2 Å². The minimum absolute atomic E-state index is 0.293. The topological polar surface area (TPSA) is 176 Å². The normalized spacial score (nSPS) is 11.9. The number of azo groups is 1. The van der Waals surface area contributed by atoms with Gasteiger partial charge < -0.3 is 36.1 Å². The molecule has 4 aromatic rings. The van der Waals surface area contributed by atoms with Crippen molar-refractivity contribution in [2.75, 3.05) is 54.0 Å². The van der Waals surface area contributed by atoms with E-state index < -0.39 is 17.7 Å². The number of hydrogen-bond donors (Lipinski definition) is 6. The predicted octanol–water partition coefficient (Wildman–Crippen LogP) is 6.14. The molecule has 1 atom stereocenters. The number of aromatic nitrogens is 2. The van der Waals surface area contributed by atoms with Gasteiger partial charge in [0.2, 0.25) is 6.04 Å². The number of aromatic amines is 2. The van der Waals surface area contributed by atoms with Gasteiger partial charge in [0.1, 0.15) is 0 Å². The van der Waals surface area contributed by atoms with E-state index in [-0.39, 0.29) is 11.6 Å². The Morgan fingerprint density at radius 1 is 0.771 bits per heavy atom. The lowest BCUT2D eigenvalue weighted by molar-refractivity contribution is -0.126. The van der Waals surface area contributed by atoms with E-state index in [0.717, 1.165) is 63.4 Å².